The highest BCUT2D eigenvalue weighted by Gasteiger charge is 2.02. The third-order valence-electron chi connectivity index (χ3n) is 2.65. The van der Waals surface area contributed by atoms with Crippen molar-refractivity contribution < 1.29 is 9.13 Å². The van der Waals surface area contributed by atoms with E-state index in [0.29, 0.717) is 30.2 Å². The molecule has 0 aliphatic heterocycles. The summed E-state index contributed by atoms with van der Waals surface area (Å²) in [5, 5.41) is 0. The molecule has 0 heterocycles. The molecule has 1 rings (SSSR count). The molecule has 1 aromatic carbocycles. The van der Waals surface area contributed by atoms with Crippen molar-refractivity contribution in [3.05, 3.63) is 29.6 Å². The van der Waals surface area contributed by atoms with Crippen molar-refractivity contribution in [3.8, 4) is 17.6 Å². The molecule has 0 atom stereocenters. The van der Waals surface area contributed by atoms with Crippen molar-refractivity contribution in [1.29, 1.82) is 0 Å². The van der Waals surface area contributed by atoms with Crippen LogP contribution in [-0.2, 0) is 0 Å². The lowest BCUT2D eigenvalue weighted by Crippen LogP contribution is -1.98. The van der Waals surface area contributed by atoms with Crippen LogP contribution in [0.5, 0.6) is 5.75 Å². The summed E-state index contributed by atoms with van der Waals surface area (Å²) in [6.45, 7) is 2.80. The lowest BCUT2D eigenvalue weighted by Gasteiger charge is -2.06. The molecule has 0 unspecified atom stereocenters. The maximum atomic E-state index is 13.7. The van der Waals surface area contributed by atoms with Gasteiger partial charge in [0.25, 0.3) is 0 Å². The molecule has 0 aliphatic rings. The van der Waals surface area contributed by atoms with Crippen molar-refractivity contribution in [2.45, 2.75) is 39.0 Å². The van der Waals surface area contributed by atoms with Crippen LogP contribution in [0.25, 0.3) is 0 Å². The minimum absolute atomic E-state index is 0.340. The number of ether oxygens (including phenoxy) is 1. The van der Waals surface area contributed by atoms with Gasteiger partial charge in [-0.25, -0.2) is 4.39 Å². The Morgan fingerprint density at radius 3 is 2.79 bits per heavy atom. The first-order valence-corrected chi connectivity index (χ1v) is 7.28. The van der Waals surface area contributed by atoms with Gasteiger partial charge in [0, 0.05) is 18.4 Å². The van der Waals surface area contributed by atoms with E-state index in [9.17, 15) is 4.39 Å². The number of alkyl halides is 1. The highest BCUT2D eigenvalue weighted by atomic mass is 35.5. The SMILES string of the molecule is CCCCCCOc1ccc(C#CCCCl)c(F)c1. The Bertz CT molecular complexity index is 434. The Morgan fingerprint density at radius 2 is 2.11 bits per heavy atom. The van der Waals surface area contributed by atoms with Crippen LogP contribution in [0.2, 0.25) is 0 Å². The molecular weight excluding hydrogens is 263 g/mol. The molecule has 0 radical (unpaired) electrons. The van der Waals surface area contributed by atoms with Gasteiger partial charge in [0.1, 0.15) is 11.6 Å². The molecule has 0 fully saturated rings. The van der Waals surface area contributed by atoms with Gasteiger partial charge in [-0.05, 0) is 18.6 Å². The Labute approximate surface area is 120 Å². The molecule has 0 saturated heterocycles. The molecule has 0 saturated carbocycles. The van der Waals surface area contributed by atoms with Crippen molar-refractivity contribution in [2.75, 3.05) is 12.5 Å². The zero-order chi connectivity index (χ0) is 13.9. The predicted molar refractivity (Wildman–Crippen MR) is 78.3 cm³/mol. The Morgan fingerprint density at radius 1 is 1.26 bits per heavy atom. The number of hydrogen-bond acceptors (Lipinski definition) is 1. The highest BCUT2D eigenvalue weighted by Crippen LogP contribution is 2.16. The predicted octanol–water partition coefficient (Wildman–Crippen LogP) is 4.77. The Kier molecular flexibility index (Phi) is 8.09. The summed E-state index contributed by atoms with van der Waals surface area (Å²) in [6, 6.07) is 4.80. The summed E-state index contributed by atoms with van der Waals surface area (Å²) in [5.74, 6) is 6.27. The molecule has 1 nitrogen and oxygen atoms in total. The van der Waals surface area contributed by atoms with Crippen LogP contribution in [0.15, 0.2) is 18.2 Å². The van der Waals surface area contributed by atoms with E-state index in [1.807, 2.05) is 0 Å². The van der Waals surface area contributed by atoms with Gasteiger partial charge in [-0.3, -0.25) is 0 Å². The number of unbranched alkanes of at least 4 members (excludes halogenated alkanes) is 3. The van der Waals surface area contributed by atoms with E-state index in [1.165, 1.54) is 18.9 Å². The molecule has 1 aromatic rings. The third kappa shape index (κ3) is 6.50. The van der Waals surface area contributed by atoms with Crippen molar-refractivity contribution in [1.82, 2.24) is 0 Å². The number of rotatable bonds is 7. The lowest BCUT2D eigenvalue weighted by atomic mass is 10.2. The number of halogens is 2. The zero-order valence-corrected chi connectivity index (χ0v) is 12.1. The molecule has 0 aromatic heterocycles. The first-order valence-electron chi connectivity index (χ1n) is 6.75. The molecule has 0 amide bonds. The van der Waals surface area contributed by atoms with Crippen LogP contribution in [0, 0.1) is 17.7 Å². The summed E-state index contributed by atoms with van der Waals surface area (Å²) >= 11 is 5.51. The third-order valence-corrected chi connectivity index (χ3v) is 2.84. The first-order chi connectivity index (χ1) is 9.27. The minimum Gasteiger partial charge on any atom is -0.493 e. The fraction of sp³-hybridized carbons (Fsp3) is 0.500. The monoisotopic (exact) mass is 282 g/mol. The van der Waals surface area contributed by atoms with Crippen LogP contribution in [0.1, 0.15) is 44.6 Å². The molecule has 3 heteroatoms. The summed E-state index contributed by atoms with van der Waals surface area (Å²) in [5.41, 5.74) is 0.392. The average Bonchev–Trinajstić information content (AvgIpc) is 2.41. The van der Waals surface area contributed by atoms with Gasteiger partial charge in [0.15, 0.2) is 0 Å². The molecular formula is C16H20ClFO. The molecule has 19 heavy (non-hydrogen) atoms. The topological polar surface area (TPSA) is 9.23 Å². The van der Waals surface area contributed by atoms with Crippen LogP contribution >= 0.6 is 11.6 Å². The maximum Gasteiger partial charge on any atom is 0.142 e. The van der Waals surface area contributed by atoms with Crippen molar-refractivity contribution in [3.63, 3.8) is 0 Å². The van der Waals surface area contributed by atoms with Gasteiger partial charge < -0.3 is 4.74 Å². The van der Waals surface area contributed by atoms with E-state index < -0.39 is 0 Å². The largest absolute Gasteiger partial charge is 0.493 e. The normalized spacial score (nSPS) is 9.84. The van der Waals surface area contributed by atoms with Gasteiger partial charge in [-0.1, -0.05) is 38.0 Å². The summed E-state index contributed by atoms with van der Waals surface area (Å²) in [7, 11) is 0. The van der Waals surface area contributed by atoms with E-state index >= 15 is 0 Å². The maximum absolute atomic E-state index is 13.7. The summed E-state index contributed by atoms with van der Waals surface area (Å²) < 4.78 is 19.2. The van der Waals surface area contributed by atoms with Crippen molar-refractivity contribution in [2.24, 2.45) is 0 Å². The van der Waals surface area contributed by atoms with E-state index in [2.05, 4.69) is 18.8 Å². The standard InChI is InChI=1S/C16H20ClFO/c1-2-3-4-7-12-19-15-10-9-14(16(18)13-15)8-5-6-11-17/h9-10,13H,2-4,6-7,11-12H2,1H3. The van der Waals surface area contributed by atoms with Crippen LogP contribution < -0.4 is 4.74 Å². The second kappa shape index (κ2) is 9.69. The number of benzene rings is 1. The van der Waals surface area contributed by atoms with Gasteiger partial charge in [-0.2, -0.15) is 0 Å². The molecule has 0 N–H and O–H groups in total. The van der Waals surface area contributed by atoms with Gasteiger partial charge in [0.2, 0.25) is 0 Å². The summed E-state index contributed by atoms with van der Waals surface area (Å²) in [4.78, 5) is 0. The van der Waals surface area contributed by atoms with E-state index in [-0.39, 0.29) is 5.82 Å². The first kappa shape index (κ1) is 15.9. The van der Waals surface area contributed by atoms with E-state index in [0.717, 1.165) is 12.8 Å². The smallest absolute Gasteiger partial charge is 0.142 e. The minimum atomic E-state index is -0.340. The van der Waals surface area contributed by atoms with Crippen LogP contribution in [0.3, 0.4) is 0 Å². The fourth-order valence-corrected chi connectivity index (χ4v) is 1.71. The van der Waals surface area contributed by atoms with E-state index in [4.69, 9.17) is 16.3 Å². The van der Waals surface area contributed by atoms with Gasteiger partial charge in [-0.15, -0.1) is 11.6 Å². The molecule has 0 spiro atoms. The lowest BCUT2D eigenvalue weighted by molar-refractivity contribution is 0.303. The fourth-order valence-electron chi connectivity index (χ4n) is 1.61. The van der Waals surface area contributed by atoms with Gasteiger partial charge in [0.05, 0.1) is 12.2 Å². The average molecular weight is 283 g/mol. The van der Waals surface area contributed by atoms with Crippen LogP contribution in [-0.4, -0.2) is 12.5 Å². The number of hydrogen-bond donors (Lipinski definition) is 0. The second-order valence-electron chi connectivity index (χ2n) is 4.29. The molecule has 104 valence electrons. The quantitative estimate of drug-likeness (QED) is 0.398. The summed E-state index contributed by atoms with van der Waals surface area (Å²) in [6.07, 6.45) is 5.14. The molecule has 0 aliphatic carbocycles. The highest BCUT2D eigenvalue weighted by molar-refractivity contribution is 6.18. The van der Waals surface area contributed by atoms with Gasteiger partial charge >= 0.3 is 0 Å². The van der Waals surface area contributed by atoms with Crippen molar-refractivity contribution >= 4 is 11.6 Å². The Balaban J connectivity index is 2.46. The Hall–Kier alpha value is -1.20. The van der Waals surface area contributed by atoms with Crippen LogP contribution in [0.4, 0.5) is 4.39 Å². The van der Waals surface area contributed by atoms with E-state index in [1.54, 1.807) is 12.1 Å². The molecule has 0 bridgehead atoms. The zero-order valence-electron chi connectivity index (χ0n) is 11.3. The second-order valence-corrected chi connectivity index (χ2v) is 4.67.